The quantitative estimate of drug-likeness (QED) is 0.687. The van der Waals surface area contributed by atoms with Gasteiger partial charge in [0.25, 0.3) is 0 Å². The minimum atomic E-state index is 1.29. The van der Waals surface area contributed by atoms with Crippen molar-refractivity contribution in [2.24, 2.45) is 0 Å². The summed E-state index contributed by atoms with van der Waals surface area (Å²) in [5.74, 6) is 0. The molecule has 0 aromatic heterocycles. The predicted octanol–water partition coefficient (Wildman–Crippen LogP) is 4.76. The summed E-state index contributed by atoms with van der Waals surface area (Å²) in [6.45, 7) is 6.36. The van der Waals surface area contributed by atoms with E-state index < -0.39 is 0 Å². The smallest absolute Gasteiger partial charge is 0.0154 e. The first kappa shape index (κ1) is 11.7. The van der Waals surface area contributed by atoms with Gasteiger partial charge in [0, 0.05) is 0 Å². The van der Waals surface area contributed by atoms with Crippen molar-refractivity contribution in [3.63, 3.8) is 0 Å². The fourth-order valence-electron chi connectivity index (χ4n) is 2.13. The second-order valence-corrected chi connectivity index (χ2v) is 4.44. The van der Waals surface area contributed by atoms with E-state index in [-0.39, 0.29) is 0 Å². The Morgan fingerprint density at radius 3 is 1.65 bits per heavy atom. The van der Waals surface area contributed by atoms with E-state index in [0.717, 1.165) is 0 Å². The van der Waals surface area contributed by atoms with Crippen LogP contribution in [0.15, 0.2) is 54.6 Å². The van der Waals surface area contributed by atoms with Gasteiger partial charge >= 0.3 is 0 Å². The number of rotatable bonds is 2. The van der Waals surface area contributed by atoms with Gasteiger partial charge in [0.1, 0.15) is 0 Å². The van der Waals surface area contributed by atoms with Gasteiger partial charge in [-0.15, -0.1) is 0 Å². The number of benzene rings is 2. The van der Waals surface area contributed by atoms with Gasteiger partial charge in [-0.05, 0) is 37.5 Å². The lowest BCUT2D eigenvalue weighted by molar-refractivity contribution is 1.41. The van der Waals surface area contributed by atoms with Gasteiger partial charge in [0.05, 0.1) is 0 Å². The van der Waals surface area contributed by atoms with Crippen LogP contribution in [0.25, 0.3) is 5.57 Å². The van der Waals surface area contributed by atoms with E-state index in [1.807, 2.05) is 0 Å². The highest BCUT2D eigenvalue weighted by molar-refractivity contribution is 5.80. The molecule has 0 N–H and O–H groups in total. The van der Waals surface area contributed by atoms with Gasteiger partial charge in [0.15, 0.2) is 0 Å². The molecule has 0 unspecified atom stereocenters. The molecule has 0 aliphatic heterocycles. The highest BCUT2D eigenvalue weighted by Gasteiger charge is 2.03. The fraction of sp³-hybridized carbons (Fsp3) is 0.176. The monoisotopic (exact) mass is 222 g/mol. The molecule has 17 heavy (non-hydrogen) atoms. The number of aryl methyl sites for hydroxylation is 2. The molecule has 0 aliphatic rings. The predicted molar refractivity (Wildman–Crippen MR) is 75.1 cm³/mol. The second kappa shape index (κ2) is 5.01. The molecule has 0 saturated carbocycles. The highest BCUT2D eigenvalue weighted by Crippen LogP contribution is 2.24. The summed E-state index contributed by atoms with van der Waals surface area (Å²) in [6, 6.07) is 17.3. The molecule has 0 fully saturated rings. The molecule has 0 bridgehead atoms. The zero-order valence-corrected chi connectivity index (χ0v) is 10.7. The largest absolute Gasteiger partial charge is 0.0792 e. The van der Waals surface area contributed by atoms with E-state index in [2.05, 4.69) is 75.4 Å². The lowest BCUT2D eigenvalue weighted by Crippen LogP contribution is -1.89. The summed E-state index contributed by atoms with van der Waals surface area (Å²) in [6.07, 6.45) is 2.18. The molecular formula is C17H18. The molecule has 2 aromatic carbocycles. The van der Waals surface area contributed by atoms with E-state index in [1.54, 1.807) is 0 Å². The average Bonchev–Trinajstić information content (AvgIpc) is 2.30. The topological polar surface area (TPSA) is 0 Å². The molecule has 0 radical (unpaired) electrons. The molecule has 0 heterocycles. The first-order chi connectivity index (χ1) is 8.20. The molecule has 2 rings (SSSR count). The third-order valence-electron chi connectivity index (χ3n) is 2.95. The molecule has 0 saturated heterocycles. The Morgan fingerprint density at radius 2 is 1.29 bits per heavy atom. The van der Waals surface area contributed by atoms with Crippen LogP contribution in [-0.2, 0) is 0 Å². The van der Waals surface area contributed by atoms with Gasteiger partial charge < -0.3 is 0 Å². The van der Waals surface area contributed by atoms with Crippen molar-refractivity contribution < 1.29 is 0 Å². The maximum absolute atomic E-state index is 2.23. The molecule has 2 aromatic rings. The summed E-state index contributed by atoms with van der Waals surface area (Å²) in [5, 5.41) is 0. The Hall–Kier alpha value is -1.82. The molecular weight excluding hydrogens is 204 g/mol. The third-order valence-corrected chi connectivity index (χ3v) is 2.95. The van der Waals surface area contributed by atoms with Crippen LogP contribution in [0, 0.1) is 13.8 Å². The Kier molecular flexibility index (Phi) is 3.43. The van der Waals surface area contributed by atoms with Crippen molar-refractivity contribution in [2.45, 2.75) is 20.8 Å². The van der Waals surface area contributed by atoms with E-state index in [4.69, 9.17) is 0 Å². The van der Waals surface area contributed by atoms with Crippen molar-refractivity contribution in [1.82, 2.24) is 0 Å². The van der Waals surface area contributed by atoms with Gasteiger partial charge in [-0.1, -0.05) is 65.7 Å². The number of allylic oxidation sites excluding steroid dienone is 1. The molecule has 0 spiro atoms. The maximum Gasteiger partial charge on any atom is -0.0154 e. The Bertz CT molecular complexity index is 500. The first-order valence-electron chi connectivity index (χ1n) is 6.01. The standard InChI is InChI=1S/C17H18/c1-4-17(15-9-5-7-13(2)11-15)16-10-6-8-14(3)12-16/h4-12H,1-3H3. The summed E-state index contributed by atoms with van der Waals surface area (Å²) < 4.78 is 0. The molecule has 0 atom stereocenters. The van der Waals surface area contributed by atoms with Crippen LogP contribution in [0.3, 0.4) is 0 Å². The summed E-state index contributed by atoms with van der Waals surface area (Å²) in [7, 11) is 0. The van der Waals surface area contributed by atoms with Crippen LogP contribution in [-0.4, -0.2) is 0 Å². The number of hydrogen-bond acceptors (Lipinski definition) is 0. The summed E-state index contributed by atoms with van der Waals surface area (Å²) in [5.41, 5.74) is 6.48. The SMILES string of the molecule is CC=C(c1cccc(C)c1)c1cccc(C)c1. The minimum Gasteiger partial charge on any atom is -0.0792 e. The van der Waals surface area contributed by atoms with E-state index in [1.165, 1.54) is 27.8 Å². The van der Waals surface area contributed by atoms with Crippen molar-refractivity contribution in [1.29, 1.82) is 0 Å². The average molecular weight is 222 g/mol. The highest BCUT2D eigenvalue weighted by atomic mass is 14.1. The van der Waals surface area contributed by atoms with Crippen molar-refractivity contribution >= 4 is 5.57 Å². The minimum absolute atomic E-state index is 1.29. The van der Waals surface area contributed by atoms with Gasteiger partial charge in [-0.2, -0.15) is 0 Å². The van der Waals surface area contributed by atoms with Crippen molar-refractivity contribution in [3.8, 4) is 0 Å². The molecule has 0 aliphatic carbocycles. The van der Waals surface area contributed by atoms with Crippen LogP contribution in [0.1, 0.15) is 29.2 Å². The van der Waals surface area contributed by atoms with Gasteiger partial charge in [0.2, 0.25) is 0 Å². The number of hydrogen-bond donors (Lipinski definition) is 0. The lowest BCUT2D eigenvalue weighted by Gasteiger charge is -2.09. The van der Waals surface area contributed by atoms with Gasteiger partial charge in [-0.25, -0.2) is 0 Å². The van der Waals surface area contributed by atoms with Crippen molar-refractivity contribution in [2.75, 3.05) is 0 Å². The van der Waals surface area contributed by atoms with Crippen LogP contribution >= 0.6 is 0 Å². The fourth-order valence-corrected chi connectivity index (χ4v) is 2.13. The zero-order valence-electron chi connectivity index (χ0n) is 10.7. The van der Waals surface area contributed by atoms with Gasteiger partial charge in [-0.3, -0.25) is 0 Å². The normalized spacial score (nSPS) is 10.1. The first-order valence-corrected chi connectivity index (χ1v) is 6.01. The van der Waals surface area contributed by atoms with E-state index >= 15 is 0 Å². The Morgan fingerprint density at radius 1 is 0.824 bits per heavy atom. The summed E-state index contributed by atoms with van der Waals surface area (Å²) in [4.78, 5) is 0. The van der Waals surface area contributed by atoms with Crippen molar-refractivity contribution in [3.05, 3.63) is 76.9 Å². The maximum atomic E-state index is 2.23. The van der Waals surface area contributed by atoms with E-state index in [9.17, 15) is 0 Å². The molecule has 0 heteroatoms. The van der Waals surface area contributed by atoms with Crippen LogP contribution in [0.5, 0.6) is 0 Å². The second-order valence-electron chi connectivity index (χ2n) is 4.44. The molecule has 0 nitrogen and oxygen atoms in total. The molecule has 0 amide bonds. The van der Waals surface area contributed by atoms with Crippen LogP contribution in [0.4, 0.5) is 0 Å². The molecule has 86 valence electrons. The lowest BCUT2D eigenvalue weighted by atomic mass is 9.95. The Labute approximate surface area is 104 Å². The Balaban J connectivity index is 2.48. The van der Waals surface area contributed by atoms with E-state index in [0.29, 0.717) is 0 Å². The summed E-state index contributed by atoms with van der Waals surface area (Å²) >= 11 is 0. The van der Waals surface area contributed by atoms with Crippen LogP contribution in [0.2, 0.25) is 0 Å². The van der Waals surface area contributed by atoms with Crippen LogP contribution < -0.4 is 0 Å². The third kappa shape index (κ3) is 2.65. The zero-order chi connectivity index (χ0) is 12.3.